The Morgan fingerprint density at radius 3 is 2.34 bits per heavy atom. The van der Waals surface area contributed by atoms with Crippen LogP contribution in [0.15, 0.2) is 60.7 Å². The molecular formula is C20H20N4O3S2. The molecule has 0 saturated carbocycles. The Labute approximate surface area is 177 Å². The van der Waals surface area contributed by atoms with Crippen molar-refractivity contribution in [3.05, 3.63) is 75.7 Å². The van der Waals surface area contributed by atoms with Crippen molar-refractivity contribution in [2.75, 3.05) is 11.9 Å². The molecule has 9 heteroatoms. The number of aryl methyl sites for hydroxylation is 1. The van der Waals surface area contributed by atoms with Crippen LogP contribution in [0.1, 0.15) is 17.5 Å². The number of hydrogen-bond donors (Lipinski definition) is 2. The van der Waals surface area contributed by atoms with Gasteiger partial charge in [-0.2, -0.15) is 0 Å². The van der Waals surface area contributed by atoms with Crippen molar-refractivity contribution in [1.29, 1.82) is 0 Å². The first kappa shape index (κ1) is 20.7. The number of anilines is 1. The summed E-state index contributed by atoms with van der Waals surface area (Å²) < 4.78 is 5.77. The van der Waals surface area contributed by atoms with Crippen LogP contribution >= 0.6 is 23.6 Å². The number of carbonyl (C=O) groups excluding carboxylic acids is 2. The number of nitrogens with zero attached hydrogens (tertiary/aromatic N) is 2. The summed E-state index contributed by atoms with van der Waals surface area (Å²) in [4.78, 5) is 26.3. The first-order valence-corrected chi connectivity index (χ1v) is 10.2. The maximum absolute atomic E-state index is 12.6. The van der Waals surface area contributed by atoms with E-state index in [1.165, 1.54) is 0 Å². The second kappa shape index (κ2) is 10.5. The van der Waals surface area contributed by atoms with E-state index in [1.807, 2.05) is 60.7 Å². The molecule has 1 aromatic heterocycles. The Morgan fingerprint density at radius 2 is 1.72 bits per heavy atom. The highest BCUT2D eigenvalue weighted by molar-refractivity contribution is 7.73. The summed E-state index contributed by atoms with van der Waals surface area (Å²) in [5.41, 5.74) is 1.98. The van der Waals surface area contributed by atoms with E-state index in [1.54, 1.807) is 0 Å². The van der Waals surface area contributed by atoms with E-state index in [0.717, 1.165) is 33.8 Å². The lowest BCUT2D eigenvalue weighted by atomic mass is 10.1. The van der Waals surface area contributed by atoms with Gasteiger partial charge in [-0.25, -0.2) is 14.5 Å². The normalized spacial score (nSPS) is 10.3. The summed E-state index contributed by atoms with van der Waals surface area (Å²) >= 11 is 6.08. The molecule has 0 bridgehead atoms. The number of amides is 3. The lowest BCUT2D eigenvalue weighted by Crippen LogP contribution is -2.41. The first-order valence-electron chi connectivity index (χ1n) is 9.00. The van der Waals surface area contributed by atoms with Gasteiger partial charge >= 0.3 is 12.1 Å². The van der Waals surface area contributed by atoms with Gasteiger partial charge in [0, 0.05) is 6.54 Å². The number of carbonyl (C=O) groups is 2. The van der Waals surface area contributed by atoms with Crippen LogP contribution in [-0.4, -0.2) is 33.8 Å². The zero-order valence-corrected chi connectivity index (χ0v) is 17.2. The van der Waals surface area contributed by atoms with Crippen LogP contribution in [-0.2, 0) is 17.8 Å². The van der Waals surface area contributed by atoms with Crippen molar-refractivity contribution in [3.63, 3.8) is 0 Å². The number of ether oxygens (including phenoxy) is 1. The van der Waals surface area contributed by atoms with Gasteiger partial charge in [0.1, 0.15) is 6.61 Å². The lowest BCUT2D eigenvalue weighted by molar-refractivity contribution is 0.106. The minimum absolute atomic E-state index is 0.0868. The van der Waals surface area contributed by atoms with E-state index in [2.05, 4.69) is 15.5 Å². The molecule has 3 aromatic rings. The molecule has 1 heterocycles. The van der Waals surface area contributed by atoms with Crippen molar-refractivity contribution < 1.29 is 14.3 Å². The Kier molecular flexibility index (Phi) is 7.48. The number of urea groups is 1. The molecule has 0 saturated heterocycles. The Balaban J connectivity index is 1.63. The molecule has 29 heavy (non-hydrogen) atoms. The minimum Gasteiger partial charge on any atom is -0.444 e. The number of nitrogens with one attached hydrogen (secondary N) is 2. The summed E-state index contributed by atoms with van der Waals surface area (Å²) in [6, 6.07) is 18.6. The maximum Gasteiger partial charge on any atom is 0.418 e. The SMILES string of the molecule is O=C(Nc1n[nH]c(=S)s1)N(CCCc1ccccc1)C(=O)OCc1ccccc1. The number of hydrogen-bond acceptors (Lipinski definition) is 6. The van der Waals surface area contributed by atoms with Gasteiger partial charge in [-0.15, -0.1) is 5.10 Å². The van der Waals surface area contributed by atoms with Crippen LogP contribution in [0, 0.1) is 3.95 Å². The third-order valence-electron chi connectivity index (χ3n) is 4.01. The van der Waals surface area contributed by atoms with Crippen LogP contribution < -0.4 is 5.32 Å². The molecular weight excluding hydrogens is 408 g/mol. The Bertz CT molecular complexity index is 989. The molecule has 0 aliphatic heterocycles. The molecule has 0 aliphatic carbocycles. The highest BCUT2D eigenvalue weighted by atomic mass is 32.1. The van der Waals surface area contributed by atoms with E-state index in [0.29, 0.717) is 15.5 Å². The third-order valence-corrected chi connectivity index (χ3v) is 5.02. The topological polar surface area (TPSA) is 87.3 Å². The van der Waals surface area contributed by atoms with Gasteiger partial charge in [0.05, 0.1) is 0 Å². The molecule has 3 amide bonds. The lowest BCUT2D eigenvalue weighted by Gasteiger charge is -2.20. The molecule has 0 aliphatic rings. The fourth-order valence-corrected chi connectivity index (χ4v) is 3.38. The molecule has 0 radical (unpaired) electrons. The van der Waals surface area contributed by atoms with E-state index in [4.69, 9.17) is 17.0 Å². The van der Waals surface area contributed by atoms with Crippen LogP contribution in [0.25, 0.3) is 0 Å². The standard InChI is InChI=1S/C20H20N4O3S2/c25-18(21-17-22-23-19(28)29-17)24(13-7-12-15-8-3-1-4-9-15)20(26)27-14-16-10-5-2-6-11-16/h1-6,8-11H,7,12-14H2,(H,23,28)(H,21,22,25). The molecule has 3 rings (SSSR count). The van der Waals surface area contributed by atoms with Gasteiger partial charge in [-0.05, 0) is 36.2 Å². The number of imide groups is 1. The number of rotatable bonds is 7. The van der Waals surface area contributed by atoms with Crippen molar-refractivity contribution in [3.8, 4) is 0 Å². The zero-order chi connectivity index (χ0) is 20.5. The van der Waals surface area contributed by atoms with Gasteiger partial charge in [0.25, 0.3) is 0 Å². The highest BCUT2D eigenvalue weighted by Crippen LogP contribution is 2.13. The van der Waals surface area contributed by atoms with E-state index in [9.17, 15) is 9.59 Å². The average molecular weight is 429 g/mol. The predicted molar refractivity (Wildman–Crippen MR) is 114 cm³/mol. The molecule has 2 aromatic carbocycles. The molecule has 2 N–H and O–H groups in total. The van der Waals surface area contributed by atoms with Crippen molar-refractivity contribution in [1.82, 2.24) is 15.1 Å². The van der Waals surface area contributed by atoms with Crippen molar-refractivity contribution in [2.45, 2.75) is 19.4 Å². The second-order valence-electron chi connectivity index (χ2n) is 6.13. The van der Waals surface area contributed by atoms with Gasteiger partial charge in [-0.1, -0.05) is 72.0 Å². The Hall–Kier alpha value is -3.04. The highest BCUT2D eigenvalue weighted by Gasteiger charge is 2.23. The monoisotopic (exact) mass is 428 g/mol. The first-order chi connectivity index (χ1) is 14.1. The van der Waals surface area contributed by atoms with Crippen LogP contribution in [0.3, 0.4) is 0 Å². The fourth-order valence-electron chi connectivity index (χ4n) is 2.60. The maximum atomic E-state index is 12.6. The van der Waals surface area contributed by atoms with E-state index < -0.39 is 12.1 Å². The second-order valence-corrected chi connectivity index (χ2v) is 7.80. The molecule has 0 fully saturated rings. The van der Waals surface area contributed by atoms with Gasteiger partial charge < -0.3 is 4.74 Å². The summed E-state index contributed by atoms with van der Waals surface area (Å²) in [7, 11) is 0. The molecule has 0 atom stereocenters. The fraction of sp³-hybridized carbons (Fsp3) is 0.200. The number of benzene rings is 2. The summed E-state index contributed by atoms with van der Waals surface area (Å²) in [6.07, 6.45) is 0.630. The minimum atomic E-state index is -0.710. The van der Waals surface area contributed by atoms with Crippen LogP contribution in [0.5, 0.6) is 0 Å². The van der Waals surface area contributed by atoms with Gasteiger partial charge in [0.15, 0.2) is 3.95 Å². The quantitative estimate of drug-likeness (QED) is 0.517. The van der Waals surface area contributed by atoms with E-state index in [-0.39, 0.29) is 13.2 Å². The molecule has 0 spiro atoms. The summed E-state index contributed by atoms with van der Waals surface area (Å²) in [6.45, 7) is 0.299. The Morgan fingerprint density at radius 1 is 1.07 bits per heavy atom. The molecule has 7 nitrogen and oxygen atoms in total. The van der Waals surface area contributed by atoms with Gasteiger partial charge in [-0.3, -0.25) is 10.4 Å². The number of H-pyrrole nitrogens is 1. The third kappa shape index (κ3) is 6.51. The van der Waals surface area contributed by atoms with E-state index >= 15 is 0 Å². The average Bonchev–Trinajstić information content (AvgIpc) is 3.15. The summed E-state index contributed by atoms with van der Waals surface area (Å²) in [5.74, 6) is 0. The summed E-state index contributed by atoms with van der Waals surface area (Å²) in [5, 5.41) is 9.37. The van der Waals surface area contributed by atoms with Crippen molar-refractivity contribution >= 4 is 40.8 Å². The largest absolute Gasteiger partial charge is 0.444 e. The zero-order valence-electron chi connectivity index (χ0n) is 15.5. The van der Waals surface area contributed by atoms with Gasteiger partial charge in [0.2, 0.25) is 5.13 Å². The molecule has 0 unspecified atom stereocenters. The van der Waals surface area contributed by atoms with Crippen LogP contribution in [0.4, 0.5) is 14.7 Å². The van der Waals surface area contributed by atoms with Crippen LogP contribution in [0.2, 0.25) is 0 Å². The number of aromatic nitrogens is 2. The number of aromatic amines is 1. The smallest absolute Gasteiger partial charge is 0.418 e. The molecule has 150 valence electrons. The predicted octanol–water partition coefficient (Wildman–Crippen LogP) is 5.00. The van der Waals surface area contributed by atoms with Crippen molar-refractivity contribution in [2.24, 2.45) is 0 Å².